The molecule has 152 valence electrons. The zero-order valence-electron chi connectivity index (χ0n) is 15.8. The second-order valence-corrected chi connectivity index (χ2v) is 6.95. The molecule has 10 heteroatoms. The van der Waals surface area contributed by atoms with Gasteiger partial charge in [0.05, 0.1) is 22.4 Å². The molecule has 0 bridgehead atoms. The largest absolute Gasteiger partial charge is 0.241 e. The number of halogens is 4. The smallest absolute Gasteiger partial charge is 0.236 e. The molecule has 4 heterocycles. The minimum absolute atomic E-state index is 0.0127. The number of hydrogen-bond acceptors (Lipinski definition) is 5. The number of hydrogen-bond donors (Lipinski definition) is 0. The summed E-state index contributed by atoms with van der Waals surface area (Å²) in [5.74, 6) is -3.85. The Morgan fingerprint density at radius 2 is 1.47 bits per heavy atom. The summed E-state index contributed by atoms with van der Waals surface area (Å²) >= 11 is 0. The van der Waals surface area contributed by atoms with Crippen LogP contribution in [0.5, 0.6) is 0 Å². The molecule has 4 aromatic heterocycles. The van der Waals surface area contributed by atoms with Gasteiger partial charge >= 0.3 is 0 Å². The van der Waals surface area contributed by atoms with Gasteiger partial charge in [-0.05, 0) is 50.2 Å². The van der Waals surface area contributed by atoms with Gasteiger partial charge in [0.1, 0.15) is 5.69 Å². The van der Waals surface area contributed by atoms with Gasteiger partial charge in [0, 0.05) is 12.4 Å². The van der Waals surface area contributed by atoms with Crippen LogP contribution in [0.4, 0.5) is 17.6 Å². The van der Waals surface area contributed by atoms with Crippen LogP contribution in [0.3, 0.4) is 0 Å². The molecule has 0 aliphatic heterocycles. The van der Waals surface area contributed by atoms with E-state index in [1.807, 2.05) is 13.8 Å². The van der Waals surface area contributed by atoms with Crippen LogP contribution in [-0.4, -0.2) is 29.7 Å². The van der Waals surface area contributed by atoms with Gasteiger partial charge in [0.25, 0.3) is 0 Å². The minimum Gasteiger partial charge on any atom is -0.236 e. The molecule has 0 unspecified atom stereocenters. The highest BCUT2D eigenvalue weighted by molar-refractivity contribution is 5.54. The summed E-state index contributed by atoms with van der Waals surface area (Å²) in [6.45, 7) is 3.65. The van der Waals surface area contributed by atoms with Gasteiger partial charge < -0.3 is 0 Å². The second-order valence-electron chi connectivity index (χ2n) is 6.95. The average molecular weight is 414 g/mol. The Hall–Kier alpha value is -3.69. The van der Waals surface area contributed by atoms with Crippen molar-refractivity contribution in [1.82, 2.24) is 29.7 Å². The summed E-state index contributed by atoms with van der Waals surface area (Å²) in [6.07, 6.45) is 2.96. The van der Waals surface area contributed by atoms with E-state index in [1.165, 1.54) is 29.2 Å². The number of aromatic nitrogens is 6. The fourth-order valence-corrected chi connectivity index (χ4v) is 2.91. The van der Waals surface area contributed by atoms with Crippen LogP contribution in [0.2, 0.25) is 0 Å². The predicted molar refractivity (Wildman–Crippen MR) is 98.6 cm³/mol. The lowest BCUT2D eigenvalue weighted by atomic mass is 9.85. The van der Waals surface area contributed by atoms with Crippen molar-refractivity contribution in [3.05, 3.63) is 84.0 Å². The molecule has 0 aliphatic rings. The lowest BCUT2D eigenvalue weighted by Gasteiger charge is -2.22. The van der Waals surface area contributed by atoms with Gasteiger partial charge in [-0.25, -0.2) is 14.6 Å². The molecule has 0 atom stereocenters. The van der Waals surface area contributed by atoms with Gasteiger partial charge in [-0.3, -0.25) is 0 Å². The fourth-order valence-electron chi connectivity index (χ4n) is 2.91. The Kier molecular flexibility index (Phi) is 4.76. The first kappa shape index (κ1) is 19.6. The first-order chi connectivity index (χ1) is 14.3. The molecule has 0 fully saturated rings. The first-order valence-electron chi connectivity index (χ1n) is 8.80. The highest BCUT2D eigenvalue weighted by Gasteiger charge is 2.29. The zero-order chi connectivity index (χ0) is 21.5. The van der Waals surface area contributed by atoms with Crippen LogP contribution >= 0.6 is 0 Å². The molecule has 6 nitrogen and oxygen atoms in total. The van der Waals surface area contributed by atoms with Crippen molar-refractivity contribution in [2.45, 2.75) is 19.3 Å². The van der Waals surface area contributed by atoms with Gasteiger partial charge in [0.15, 0.2) is 5.82 Å². The maximum Gasteiger partial charge on any atom is 0.241 e. The van der Waals surface area contributed by atoms with E-state index in [1.54, 1.807) is 12.1 Å². The third kappa shape index (κ3) is 3.51. The summed E-state index contributed by atoms with van der Waals surface area (Å²) in [6, 6.07) is 7.79. The molecule has 0 spiro atoms. The van der Waals surface area contributed by atoms with E-state index < -0.39 is 29.2 Å². The normalized spacial score (nSPS) is 11.7. The highest BCUT2D eigenvalue weighted by Crippen LogP contribution is 2.30. The fraction of sp³-hybridized carbons (Fsp3) is 0.150. The second kappa shape index (κ2) is 7.29. The van der Waals surface area contributed by atoms with Crippen LogP contribution in [0, 0.1) is 23.8 Å². The van der Waals surface area contributed by atoms with Crippen molar-refractivity contribution in [3.63, 3.8) is 0 Å². The van der Waals surface area contributed by atoms with E-state index in [9.17, 15) is 17.6 Å². The van der Waals surface area contributed by atoms with Gasteiger partial charge in [-0.1, -0.05) is 0 Å². The molecule has 0 amide bonds. The monoisotopic (exact) mass is 414 g/mol. The number of pyridine rings is 2. The van der Waals surface area contributed by atoms with Crippen molar-refractivity contribution in [3.8, 4) is 17.1 Å². The highest BCUT2D eigenvalue weighted by atomic mass is 19.1. The van der Waals surface area contributed by atoms with E-state index >= 15 is 0 Å². The standard InChI is InChI=1S/C20H14F4N6/c1-20(2,14-8-10-30(29-14)12-4-6-16(22)28-18(12)24)13-7-9-25-19(26-13)11-3-5-15(21)27-17(11)23/h3-10H,1-2H3. The zero-order valence-corrected chi connectivity index (χ0v) is 15.8. The van der Waals surface area contributed by atoms with E-state index in [4.69, 9.17) is 0 Å². The molecule has 0 N–H and O–H groups in total. The molecule has 0 aromatic carbocycles. The van der Waals surface area contributed by atoms with E-state index in [0.29, 0.717) is 11.4 Å². The maximum atomic E-state index is 14.0. The Morgan fingerprint density at radius 3 is 2.17 bits per heavy atom. The Labute approximate surface area is 168 Å². The van der Waals surface area contributed by atoms with Crippen molar-refractivity contribution in [2.24, 2.45) is 0 Å². The van der Waals surface area contributed by atoms with Crippen molar-refractivity contribution in [2.75, 3.05) is 0 Å². The third-order valence-electron chi connectivity index (χ3n) is 4.62. The van der Waals surface area contributed by atoms with E-state index in [-0.39, 0.29) is 17.1 Å². The lowest BCUT2D eigenvalue weighted by molar-refractivity contribution is 0.503. The summed E-state index contributed by atoms with van der Waals surface area (Å²) in [7, 11) is 0. The van der Waals surface area contributed by atoms with Gasteiger partial charge in [-0.2, -0.15) is 32.6 Å². The summed E-state index contributed by atoms with van der Waals surface area (Å²) in [4.78, 5) is 14.8. The van der Waals surface area contributed by atoms with E-state index in [2.05, 4.69) is 25.0 Å². The average Bonchev–Trinajstić information content (AvgIpc) is 3.19. The topological polar surface area (TPSA) is 69.4 Å². The minimum atomic E-state index is -1.02. The van der Waals surface area contributed by atoms with Crippen molar-refractivity contribution in [1.29, 1.82) is 0 Å². The van der Waals surface area contributed by atoms with Crippen molar-refractivity contribution < 1.29 is 17.6 Å². The Balaban J connectivity index is 1.71. The summed E-state index contributed by atoms with van der Waals surface area (Å²) in [5, 5.41) is 4.37. The number of rotatable bonds is 4. The summed E-state index contributed by atoms with van der Waals surface area (Å²) < 4.78 is 55.4. The molecule has 4 aromatic rings. The summed E-state index contributed by atoms with van der Waals surface area (Å²) in [5.41, 5.74) is 0.185. The molecule has 0 radical (unpaired) electrons. The van der Waals surface area contributed by atoms with Crippen LogP contribution in [0.25, 0.3) is 17.1 Å². The third-order valence-corrected chi connectivity index (χ3v) is 4.62. The lowest BCUT2D eigenvalue weighted by Crippen LogP contribution is -2.22. The van der Waals surface area contributed by atoms with Crippen LogP contribution < -0.4 is 0 Å². The first-order valence-corrected chi connectivity index (χ1v) is 8.80. The maximum absolute atomic E-state index is 14.0. The SMILES string of the molecule is CC(C)(c1ccnc(-c2ccc(F)nc2F)n1)c1ccn(-c2ccc(F)nc2F)n1. The molecule has 0 saturated carbocycles. The van der Waals surface area contributed by atoms with Crippen LogP contribution in [-0.2, 0) is 5.41 Å². The Morgan fingerprint density at radius 1 is 0.767 bits per heavy atom. The molecular formula is C20H14F4N6. The van der Waals surface area contributed by atoms with Crippen LogP contribution in [0.1, 0.15) is 25.2 Å². The molecule has 4 rings (SSSR count). The molecule has 0 saturated heterocycles. The quantitative estimate of drug-likeness (QED) is 0.373. The molecule has 0 aliphatic carbocycles. The molecule has 30 heavy (non-hydrogen) atoms. The van der Waals surface area contributed by atoms with Gasteiger partial charge in [0.2, 0.25) is 23.8 Å². The van der Waals surface area contributed by atoms with Crippen molar-refractivity contribution >= 4 is 0 Å². The van der Waals surface area contributed by atoms with E-state index in [0.717, 1.165) is 12.1 Å². The number of nitrogens with zero attached hydrogens (tertiary/aromatic N) is 6. The van der Waals surface area contributed by atoms with Crippen LogP contribution in [0.15, 0.2) is 48.8 Å². The Bertz CT molecular complexity index is 1240. The predicted octanol–water partition coefficient (Wildman–Crippen LogP) is 4.00. The van der Waals surface area contributed by atoms with Gasteiger partial charge in [-0.15, -0.1) is 0 Å². The molecular weight excluding hydrogens is 400 g/mol.